The van der Waals surface area contributed by atoms with Gasteiger partial charge in [0.1, 0.15) is 11.6 Å². The summed E-state index contributed by atoms with van der Waals surface area (Å²) >= 11 is 5.68. The summed E-state index contributed by atoms with van der Waals surface area (Å²) in [7, 11) is 0. The lowest BCUT2D eigenvalue weighted by atomic mass is 10.2. The second-order valence-corrected chi connectivity index (χ2v) is 4.88. The van der Waals surface area contributed by atoms with E-state index in [4.69, 9.17) is 11.6 Å². The fourth-order valence-corrected chi connectivity index (χ4v) is 2.11. The summed E-state index contributed by atoms with van der Waals surface area (Å²) < 4.78 is 14.8. The molecule has 0 saturated heterocycles. The van der Waals surface area contributed by atoms with Crippen molar-refractivity contribution in [3.63, 3.8) is 0 Å². The first-order valence-electron chi connectivity index (χ1n) is 6.12. The molecule has 1 amide bonds. The maximum atomic E-state index is 13.1. The number of aryl methyl sites for hydroxylation is 1. The quantitative estimate of drug-likeness (QED) is 0.791. The second kappa shape index (κ2) is 5.14. The maximum absolute atomic E-state index is 13.1. The van der Waals surface area contributed by atoms with Gasteiger partial charge in [-0.05, 0) is 37.3 Å². The van der Waals surface area contributed by atoms with Crippen LogP contribution in [0.2, 0.25) is 5.02 Å². The lowest BCUT2D eigenvalue weighted by Gasteiger charge is -2.06. The number of rotatable bonds is 2. The number of benzene rings is 1. The van der Waals surface area contributed by atoms with Crippen molar-refractivity contribution in [2.24, 2.45) is 0 Å². The van der Waals surface area contributed by atoms with Crippen LogP contribution >= 0.6 is 11.6 Å². The van der Waals surface area contributed by atoms with Crippen LogP contribution in [0.25, 0.3) is 5.65 Å². The number of amides is 1. The largest absolute Gasteiger partial charge is 0.322 e. The minimum Gasteiger partial charge on any atom is -0.322 e. The highest BCUT2D eigenvalue weighted by molar-refractivity contribution is 6.31. The molecule has 3 aromatic rings. The number of nitrogens with one attached hydrogen (secondary N) is 1. The molecular weight excluding hydrogens is 295 g/mol. The van der Waals surface area contributed by atoms with Crippen LogP contribution in [0.1, 0.15) is 16.2 Å². The summed E-state index contributed by atoms with van der Waals surface area (Å²) in [6.07, 6.45) is 1.72. The van der Waals surface area contributed by atoms with Gasteiger partial charge >= 0.3 is 0 Å². The number of carbonyl (C=O) groups is 1. The molecule has 1 aromatic carbocycles. The number of halogens is 2. The molecule has 1 N–H and O–H groups in total. The molecule has 0 fully saturated rings. The normalized spacial score (nSPS) is 10.8. The number of pyridine rings is 1. The van der Waals surface area contributed by atoms with Crippen molar-refractivity contribution in [3.05, 3.63) is 58.8 Å². The molecule has 7 heteroatoms. The van der Waals surface area contributed by atoms with E-state index in [0.717, 1.165) is 5.82 Å². The van der Waals surface area contributed by atoms with E-state index in [1.807, 2.05) is 6.92 Å². The first kappa shape index (κ1) is 13.5. The van der Waals surface area contributed by atoms with Crippen LogP contribution in [-0.2, 0) is 0 Å². The fraction of sp³-hybridized carbons (Fsp3) is 0.0714. The van der Waals surface area contributed by atoms with Crippen molar-refractivity contribution >= 4 is 28.8 Å². The molecule has 0 aliphatic rings. The maximum Gasteiger partial charge on any atom is 0.255 e. The van der Waals surface area contributed by atoms with Gasteiger partial charge in [0.05, 0.1) is 5.02 Å². The molecule has 0 aliphatic heterocycles. The predicted molar refractivity (Wildman–Crippen MR) is 77.1 cm³/mol. The summed E-state index contributed by atoms with van der Waals surface area (Å²) in [6, 6.07) is 7.28. The number of hydrogen-bond donors (Lipinski definition) is 1. The van der Waals surface area contributed by atoms with Gasteiger partial charge in [-0.3, -0.25) is 9.20 Å². The Kier molecular flexibility index (Phi) is 3.31. The minimum absolute atomic E-state index is 0.0451. The monoisotopic (exact) mass is 304 g/mol. The van der Waals surface area contributed by atoms with Gasteiger partial charge in [0.15, 0.2) is 5.65 Å². The van der Waals surface area contributed by atoms with Gasteiger partial charge < -0.3 is 5.32 Å². The van der Waals surface area contributed by atoms with Crippen LogP contribution in [0, 0.1) is 12.7 Å². The summed E-state index contributed by atoms with van der Waals surface area (Å²) in [4.78, 5) is 12.2. The Hall–Kier alpha value is -2.47. The molecule has 2 heterocycles. The van der Waals surface area contributed by atoms with Crippen molar-refractivity contribution in [3.8, 4) is 0 Å². The molecule has 0 spiro atoms. The van der Waals surface area contributed by atoms with Gasteiger partial charge in [0, 0.05) is 17.4 Å². The minimum atomic E-state index is -0.532. The van der Waals surface area contributed by atoms with Crippen molar-refractivity contribution < 1.29 is 9.18 Å². The zero-order valence-electron chi connectivity index (χ0n) is 11.0. The molecule has 0 radical (unpaired) electrons. The summed E-state index contributed by atoms with van der Waals surface area (Å²) in [6.45, 7) is 1.82. The Balaban J connectivity index is 1.87. The van der Waals surface area contributed by atoms with Crippen molar-refractivity contribution in [1.82, 2.24) is 14.6 Å². The van der Waals surface area contributed by atoms with Crippen LogP contribution in [0.15, 0.2) is 36.5 Å². The van der Waals surface area contributed by atoms with Crippen LogP contribution in [0.4, 0.5) is 10.1 Å². The Morgan fingerprint density at radius 2 is 2.10 bits per heavy atom. The molecule has 0 unspecified atom stereocenters. The van der Waals surface area contributed by atoms with E-state index < -0.39 is 5.82 Å². The first-order chi connectivity index (χ1) is 10.0. The van der Waals surface area contributed by atoms with E-state index >= 15 is 0 Å². The average Bonchev–Trinajstić information content (AvgIpc) is 2.84. The third kappa shape index (κ3) is 2.57. The van der Waals surface area contributed by atoms with Crippen LogP contribution in [-0.4, -0.2) is 20.5 Å². The van der Waals surface area contributed by atoms with Crippen molar-refractivity contribution in [2.75, 3.05) is 5.32 Å². The highest BCUT2D eigenvalue weighted by atomic mass is 35.5. The number of fused-ring (bicyclic) bond motifs is 1. The second-order valence-electron chi connectivity index (χ2n) is 4.47. The molecule has 0 aliphatic carbocycles. The molecule has 106 valence electrons. The number of carbonyl (C=O) groups excluding carboxylic acids is 1. The highest BCUT2D eigenvalue weighted by Gasteiger charge is 2.10. The third-order valence-corrected chi connectivity index (χ3v) is 3.31. The predicted octanol–water partition coefficient (Wildman–Crippen LogP) is 3.08. The molecule has 0 atom stereocenters. The number of hydrogen-bond acceptors (Lipinski definition) is 3. The van der Waals surface area contributed by atoms with Crippen LogP contribution in [0.5, 0.6) is 0 Å². The van der Waals surface area contributed by atoms with E-state index in [1.165, 1.54) is 18.2 Å². The third-order valence-electron chi connectivity index (χ3n) is 3.02. The van der Waals surface area contributed by atoms with Gasteiger partial charge in [0.25, 0.3) is 5.91 Å². The summed E-state index contributed by atoms with van der Waals surface area (Å²) in [5, 5.41) is 10.5. The van der Waals surface area contributed by atoms with Gasteiger partial charge in [-0.15, -0.1) is 10.2 Å². The van der Waals surface area contributed by atoms with Gasteiger partial charge in [-0.25, -0.2) is 4.39 Å². The zero-order chi connectivity index (χ0) is 15.0. The summed E-state index contributed by atoms with van der Waals surface area (Å²) in [5.41, 5.74) is 1.43. The lowest BCUT2D eigenvalue weighted by molar-refractivity contribution is 0.102. The van der Waals surface area contributed by atoms with E-state index in [2.05, 4.69) is 15.5 Å². The number of nitrogens with zero attached hydrogens (tertiary/aromatic N) is 3. The van der Waals surface area contributed by atoms with Crippen LogP contribution < -0.4 is 5.32 Å². The Morgan fingerprint density at radius 1 is 1.29 bits per heavy atom. The lowest BCUT2D eigenvalue weighted by Crippen LogP contribution is -2.12. The Labute approximate surface area is 124 Å². The number of anilines is 1. The van der Waals surface area contributed by atoms with E-state index in [0.29, 0.717) is 16.9 Å². The first-order valence-corrected chi connectivity index (χ1v) is 6.50. The average molecular weight is 305 g/mol. The summed E-state index contributed by atoms with van der Waals surface area (Å²) in [5.74, 6) is -0.127. The van der Waals surface area contributed by atoms with Gasteiger partial charge in [-0.1, -0.05) is 11.6 Å². The van der Waals surface area contributed by atoms with Crippen molar-refractivity contribution in [1.29, 1.82) is 0 Å². The standard InChI is InChI=1S/C14H10ClFN4O/c1-8-18-19-13-6-9(4-5-20(8)13)14(21)17-10-2-3-12(16)11(15)7-10/h2-7H,1H3,(H,17,21). The van der Waals surface area contributed by atoms with E-state index in [-0.39, 0.29) is 10.9 Å². The SMILES string of the molecule is Cc1nnc2cc(C(=O)Nc3ccc(F)c(Cl)c3)ccn12. The number of aromatic nitrogens is 3. The Morgan fingerprint density at radius 3 is 2.86 bits per heavy atom. The molecule has 0 bridgehead atoms. The molecule has 2 aromatic heterocycles. The Bertz CT molecular complexity index is 846. The van der Waals surface area contributed by atoms with E-state index in [1.54, 1.807) is 22.7 Å². The smallest absolute Gasteiger partial charge is 0.255 e. The van der Waals surface area contributed by atoms with Crippen LogP contribution in [0.3, 0.4) is 0 Å². The van der Waals surface area contributed by atoms with Gasteiger partial charge in [-0.2, -0.15) is 0 Å². The molecule has 3 rings (SSSR count). The molecule has 0 saturated carbocycles. The highest BCUT2D eigenvalue weighted by Crippen LogP contribution is 2.20. The van der Waals surface area contributed by atoms with E-state index in [9.17, 15) is 9.18 Å². The van der Waals surface area contributed by atoms with Crippen molar-refractivity contribution in [2.45, 2.75) is 6.92 Å². The molecule has 21 heavy (non-hydrogen) atoms. The topological polar surface area (TPSA) is 59.3 Å². The molecular formula is C14H10ClFN4O. The molecule has 5 nitrogen and oxygen atoms in total. The van der Waals surface area contributed by atoms with Gasteiger partial charge in [0.2, 0.25) is 0 Å². The fourth-order valence-electron chi connectivity index (χ4n) is 1.93. The zero-order valence-corrected chi connectivity index (χ0v) is 11.7.